The average molecular weight is 188 g/mol. The van der Waals surface area contributed by atoms with Crippen LogP contribution in [0, 0.1) is 12.8 Å². The number of hydrogen-bond acceptors (Lipinski definition) is 0. The predicted molar refractivity (Wildman–Crippen MR) is 61.5 cm³/mol. The Balaban J connectivity index is 1.85. The van der Waals surface area contributed by atoms with E-state index in [4.69, 9.17) is 0 Å². The van der Waals surface area contributed by atoms with Crippen LogP contribution < -0.4 is 0 Å². The molecule has 1 aromatic carbocycles. The smallest absolute Gasteiger partial charge is 0.0276 e. The van der Waals surface area contributed by atoms with Gasteiger partial charge in [-0.15, -0.1) is 0 Å². The van der Waals surface area contributed by atoms with Crippen molar-refractivity contribution in [2.24, 2.45) is 5.92 Å². The summed E-state index contributed by atoms with van der Waals surface area (Å²) in [6.07, 6.45) is 8.59. The summed E-state index contributed by atoms with van der Waals surface area (Å²) in [6.45, 7) is 2.18. The maximum atomic E-state index is 2.33. The standard InChI is InChI=1S/C14H20/c1-12-5-4-8-14(11-12)10-9-13-6-2-3-7-13/h4-5,8,11,13H,2-3,6-7,9-10H2,1H3. The summed E-state index contributed by atoms with van der Waals surface area (Å²) in [4.78, 5) is 0. The molecule has 0 heteroatoms. The zero-order chi connectivity index (χ0) is 9.80. The molecule has 76 valence electrons. The zero-order valence-electron chi connectivity index (χ0n) is 9.13. The van der Waals surface area contributed by atoms with Crippen LogP contribution in [0.25, 0.3) is 0 Å². The first-order chi connectivity index (χ1) is 6.84. The highest BCUT2D eigenvalue weighted by Crippen LogP contribution is 2.28. The SMILES string of the molecule is Cc1cccc(CCC2CCCC2)c1. The van der Waals surface area contributed by atoms with Crippen LogP contribution in [-0.2, 0) is 6.42 Å². The van der Waals surface area contributed by atoms with Crippen molar-refractivity contribution >= 4 is 0 Å². The Hall–Kier alpha value is -0.780. The van der Waals surface area contributed by atoms with Gasteiger partial charge in [-0.3, -0.25) is 0 Å². The van der Waals surface area contributed by atoms with Gasteiger partial charge in [0.05, 0.1) is 0 Å². The molecule has 0 unspecified atom stereocenters. The van der Waals surface area contributed by atoms with Gasteiger partial charge >= 0.3 is 0 Å². The molecule has 1 fully saturated rings. The van der Waals surface area contributed by atoms with E-state index in [2.05, 4.69) is 31.2 Å². The van der Waals surface area contributed by atoms with Gasteiger partial charge in [0, 0.05) is 0 Å². The lowest BCUT2D eigenvalue weighted by Gasteiger charge is -2.08. The second-order valence-electron chi connectivity index (χ2n) is 4.68. The molecule has 0 nitrogen and oxygen atoms in total. The molecule has 0 aromatic heterocycles. The first-order valence-corrected chi connectivity index (χ1v) is 5.90. The Morgan fingerprint density at radius 1 is 1.21 bits per heavy atom. The molecule has 0 heterocycles. The van der Waals surface area contributed by atoms with Gasteiger partial charge in [-0.05, 0) is 31.2 Å². The third-order valence-electron chi connectivity index (χ3n) is 3.40. The highest BCUT2D eigenvalue weighted by atomic mass is 14.2. The molecular weight excluding hydrogens is 168 g/mol. The molecule has 0 amide bonds. The lowest BCUT2D eigenvalue weighted by molar-refractivity contribution is 0.504. The Bertz CT molecular complexity index is 282. The summed E-state index contributed by atoms with van der Waals surface area (Å²) >= 11 is 0. The highest BCUT2D eigenvalue weighted by Gasteiger charge is 2.14. The van der Waals surface area contributed by atoms with E-state index in [0.717, 1.165) is 5.92 Å². The first kappa shape index (κ1) is 9.76. The largest absolute Gasteiger partial charge is 0.0617 e. The van der Waals surface area contributed by atoms with E-state index in [0.29, 0.717) is 0 Å². The molecule has 1 aromatic rings. The molecule has 0 aliphatic heterocycles. The minimum atomic E-state index is 1.02. The van der Waals surface area contributed by atoms with Crippen LogP contribution in [0.3, 0.4) is 0 Å². The molecule has 14 heavy (non-hydrogen) atoms. The van der Waals surface area contributed by atoms with E-state index in [-0.39, 0.29) is 0 Å². The Kier molecular flexibility index (Phi) is 3.23. The van der Waals surface area contributed by atoms with Crippen LogP contribution in [0.15, 0.2) is 24.3 Å². The third kappa shape index (κ3) is 2.60. The molecular formula is C14H20. The topological polar surface area (TPSA) is 0 Å². The average Bonchev–Trinajstić information content (AvgIpc) is 2.67. The van der Waals surface area contributed by atoms with E-state index in [1.54, 1.807) is 0 Å². The maximum absolute atomic E-state index is 2.33. The van der Waals surface area contributed by atoms with Crippen molar-refractivity contribution in [1.82, 2.24) is 0 Å². The Morgan fingerprint density at radius 2 is 2.00 bits per heavy atom. The van der Waals surface area contributed by atoms with Crippen molar-refractivity contribution in [1.29, 1.82) is 0 Å². The maximum Gasteiger partial charge on any atom is -0.0276 e. The summed E-state index contributed by atoms with van der Waals surface area (Å²) in [5.74, 6) is 1.02. The monoisotopic (exact) mass is 188 g/mol. The molecule has 0 N–H and O–H groups in total. The highest BCUT2D eigenvalue weighted by molar-refractivity contribution is 5.22. The van der Waals surface area contributed by atoms with Crippen LogP contribution in [0.4, 0.5) is 0 Å². The van der Waals surface area contributed by atoms with Crippen LogP contribution in [0.1, 0.15) is 43.2 Å². The van der Waals surface area contributed by atoms with Crippen LogP contribution in [0.2, 0.25) is 0 Å². The zero-order valence-corrected chi connectivity index (χ0v) is 9.13. The van der Waals surface area contributed by atoms with E-state index >= 15 is 0 Å². The van der Waals surface area contributed by atoms with Gasteiger partial charge in [0.2, 0.25) is 0 Å². The summed E-state index contributed by atoms with van der Waals surface area (Å²) in [5, 5.41) is 0. The summed E-state index contributed by atoms with van der Waals surface area (Å²) < 4.78 is 0. The van der Waals surface area contributed by atoms with Gasteiger partial charge in [-0.25, -0.2) is 0 Å². The molecule has 0 bridgehead atoms. The van der Waals surface area contributed by atoms with Crippen molar-refractivity contribution in [2.45, 2.75) is 45.4 Å². The van der Waals surface area contributed by atoms with Gasteiger partial charge in [0.15, 0.2) is 0 Å². The van der Waals surface area contributed by atoms with Crippen molar-refractivity contribution in [3.8, 4) is 0 Å². The Morgan fingerprint density at radius 3 is 2.71 bits per heavy atom. The first-order valence-electron chi connectivity index (χ1n) is 5.90. The molecule has 0 radical (unpaired) electrons. The van der Waals surface area contributed by atoms with Crippen molar-refractivity contribution < 1.29 is 0 Å². The third-order valence-corrected chi connectivity index (χ3v) is 3.40. The quantitative estimate of drug-likeness (QED) is 0.669. The number of rotatable bonds is 3. The summed E-state index contributed by atoms with van der Waals surface area (Å²) in [5.41, 5.74) is 2.92. The minimum Gasteiger partial charge on any atom is -0.0617 e. The van der Waals surface area contributed by atoms with E-state index < -0.39 is 0 Å². The van der Waals surface area contributed by atoms with Gasteiger partial charge in [-0.2, -0.15) is 0 Å². The van der Waals surface area contributed by atoms with Gasteiger partial charge in [0.1, 0.15) is 0 Å². The van der Waals surface area contributed by atoms with Crippen LogP contribution in [0.5, 0.6) is 0 Å². The van der Waals surface area contributed by atoms with Crippen LogP contribution >= 0.6 is 0 Å². The lowest BCUT2D eigenvalue weighted by atomic mass is 9.97. The van der Waals surface area contributed by atoms with E-state index in [9.17, 15) is 0 Å². The van der Waals surface area contributed by atoms with Crippen LogP contribution in [-0.4, -0.2) is 0 Å². The molecule has 2 rings (SSSR count). The molecule has 0 atom stereocenters. The number of benzene rings is 1. The number of aryl methyl sites for hydroxylation is 2. The molecule has 1 aliphatic carbocycles. The molecule has 1 saturated carbocycles. The second kappa shape index (κ2) is 4.63. The number of hydrogen-bond donors (Lipinski definition) is 0. The van der Waals surface area contributed by atoms with Gasteiger partial charge in [0.25, 0.3) is 0 Å². The van der Waals surface area contributed by atoms with E-state index in [1.165, 1.54) is 49.7 Å². The molecule has 0 saturated heterocycles. The molecule has 1 aliphatic rings. The van der Waals surface area contributed by atoms with Crippen molar-refractivity contribution in [3.05, 3.63) is 35.4 Å². The fourth-order valence-electron chi connectivity index (χ4n) is 2.54. The fourth-order valence-corrected chi connectivity index (χ4v) is 2.54. The van der Waals surface area contributed by atoms with Gasteiger partial charge < -0.3 is 0 Å². The van der Waals surface area contributed by atoms with Crippen molar-refractivity contribution in [2.75, 3.05) is 0 Å². The van der Waals surface area contributed by atoms with Crippen molar-refractivity contribution in [3.63, 3.8) is 0 Å². The second-order valence-corrected chi connectivity index (χ2v) is 4.68. The molecule has 0 spiro atoms. The summed E-state index contributed by atoms with van der Waals surface area (Å²) in [7, 11) is 0. The lowest BCUT2D eigenvalue weighted by Crippen LogP contribution is -1.96. The van der Waals surface area contributed by atoms with E-state index in [1.807, 2.05) is 0 Å². The van der Waals surface area contributed by atoms with Gasteiger partial charge in [-0.1, -0.05) is 55.5 Å². The normalized spacial score (nSPS) is 17.5. The predicted octanol–water partition coefficient (Wildman–Crippen LogP) is 4.12. The summed E-state index contributed by atoms with van der Waals surface area (Å²) in [6, 6.07) is 8.95. The minimum absolute atomic E-state index is 1.02. The fraction of sp³-hybridized carbons (Fsp3) is 0.571. The Labute approximate surface area is 87.3 Å².